The Balaban J connectivity index is 1.40. The maximum atomic E-state index is 12.2. The lowest BCUT2D eigenvalue weighted by Gasteiger charge is -2.36. The van der Waals surface area contributed by atoms with E-state index in [4.69, 9.17) is 16.3 Å². The number of ether oxygens (including phenoxy) is 1. The molecule has 1 aliphatic heterocycles. The number of carbonyl (C=O) groups is 1. The number of methoxy groups -OCH3 is 1. The molecule has 144 valence electrons. The van der Waals surface area contributed by atoms with Crippen molar-refractivity contribution in [2.45, 2.75) is 6.42 Å². The van der Waals surface area contributed by atoms with Crippen molar-refractivity contribution in [2.24, 2.45) is 0 Å². The smallest absolute Gasteiger partial charge is 0.234 e. The van der Waals surface area contributed by atoms with Gasteiger partial charge in [-0.15, -0.1) is 0 Å². The van der Waals surface area contributed by atoms with E-state index in [0.717, 1.165) is 54.6 Å². The molecule has 5 nitrogen and oxygen atoms in total. The number of hydrogen-bond donors (Lipinski definition) is 1. The zero-order chi connectivity index (χ0) is 19.1. The van der Waals surface area contributed by atoms with Crippen LogP contribution in [0, 0.1) is 0 Å². The Morgan fingerprint density at radius 3 is 2.63 bits per heavy atom. The fraction of sp³-hybridized carbons (Fsp3) is 0.381. The van der Waals surface area contributed by atoms with Crippen molar-refractivity contribution in [1.82, 2.24) is 10.2 Å². The van der Waals surface area contributed by atoms with Gasteiger partial charge in [-0.25, -0.2) is 0 Å². The van der Waals surface area contributed by atoms with Gasteiger partial charge in [-0.3, -0.25) is 9.69 Å². The van der Waals surface area contributed by atoms with Crippen LogP contribution in [0.15, 0.2) is 48.5 Å². The normalized spacial score (nSPS) is 14.8. The van der Waals surface area contributed by atoms with E-state index in [2.05, 4.69) is 21.2 Å². The lowest BCUT2D eigenvalue weighted by molar-refractivity contribution is -0.122. The number of amides is 1. The Morgan fingerprint density at radius 1 is 1.11 bits per heavy atom. The molecule has 1 saturated heterocycles. The summed E-state index contributed by atoms with van der Waals surface area (Å²) in [4.78, 5) is 16.7. The van der Waals surface area contributed by atoms with Crippen LogP contribution in [0.4, 0.5) is 5.69 Å². The molecule has 1 N–H and O–H groups in total. The molecule has 0 saturated carbocycles. The Morgan fingerprint density at radius 2 is 1.89 bits per heavy atom. The maximum Gasteiger partial charge on any atom is 0.234 e. The van der Waals surface area contributed by atoms with Crippen LogP contribution in [0.5, 0.6) is 5.75 Å². The highest BCUT2D eigenvalue weighted by Crippen LogP contribution is 2.28. The number of halogens is 1. The minimum Gasteiger partial charge on any atom is -0.495 e. The maximum absolute atomic E-state index is 12.2. The van der Waals surface area contributed by atoms with Gasteiger partial charge in [-0.1, -0.05) is 35.9 Å². The topological polar surface area (TPSA) is 44.8 Å². The third kappa shape index (κ3) is 5.62. The minimum atomic E-state index is 0.0720. The number of rotatable bonds is 7. The van der Waals surface area contributed by atoms with Gasteiger partial charge in [0.25, 0.3) is 0 Å². The first-order valence-corrected chi connectivity index (χ1v) is 9.65. The summed E-state index contributed by atoms with van der Waals surface area (Å²) in [5.74, 6) is 0.965. The summed E-state index contributed by atoms with van der Waals surface area (Å²) in [6, 6.07) is 15.8. The average molecular weight is 388 g/mol. The van der Waals surface area contributed by atoms with Crippen molar-refractivity contribution >= 4 is 23.2 Å². The molecule has 2 aromatic carbocycles. The summed E-state index contributed by atoms with van der Waals surface area (Å²) in [6.45, 7) is 4.56. The van der Waals surface area contributed by atoms with Gasteiger partial charge in [0.05, 0.1) is 19.3 Å². The molecule has 0 unspecified atom stereocenters. The SMILES string of the molecule is COc1ccccc1N1CCN(CC(=O)NCCc2cccc(Cl)c2)CC1. The molecule has 27 heavy (non-hydrogen) atoms. The summed E-state index contributed by atoms with van der Waals surface area (Å²) in [5, 5.41) is 3.73. The summed E-state index contributed by atoms with van der Waals surface area (Å²) in [7, 11) is 1.70. The Hall–Kier alpha value is -2.24. The molecular formula is C21H26ClN3O2. The predicted octanol–water partition coefficient (Wildman–Crippen LogP) is 2.83. The van der Waals surface area contributed by atoms with Crippen LogP contribution in [0.1, 0.15) is 5.56 Å². The van der Waals surface area contributed by atoms with Crippen LogP contribution in [0.3, 0.4) is 0 Å². The summed E-state index contributed by atoms with van der Waals surface area (Å²) in [6.07, 6.45) is 0.786. The second-order valence-electron chi connectivity index (χ2n) is 6.66. The van der Waals surface area contributed by atoms with Crippen LogP contribution in [0.2, 0.25) is 5.02 Å². The van der Waals surface area contributed by atoms with Crippen LogP contribution < -0.4 is 15.0 Å². The number of carbonyl (C=O) groups excluding carboxylic acids is 1. The van der Waals surface area contributed by atoms with Gasteiger partial charge in [0.2, 0.25) is 5.91 Å². The van der Waals surface area contributed by atoms with Crippen molar-refractivity contribution in [1.29, 1.82) is 0 Å². The first kappa shape index (κ1) is 19.5. The highest BCUT2D eigenvalue weighted by Gasteiger charge is 2.20. The zero-order valence-electron chi connectivity index (χ0n) is 15.7. The largest absolute Gasteiger partial charge is 0.495 e. The molecule has 3 rings (SSSR count). The van der Waals surface area contributed by atoms with Gasteiger partial charge in [-0.2, -0.15) is 0 Å². The molecule has 1 heterocycles. The van der Waals surface area contributed by atoms with Gasteiger partial charge in [0.1, 0.15) is 5.75 Å². The lowest BCUT2D eigenvalue weighted by atomic mass is 10.1. The van der Waals surface area contributed by atoms with Gasteiger partial charge in [0, 0.05) is 37.7 Å². The van der Waals surface area contributed by atoms with E-state index in [9.17, 15) is 4.79 Å². The molecule has 0 atom stereocenters. The second-order valence-corrected chi connectivity index (χ2v) is 7.10. The molecule has 0 bridgehead atoms. The Labute approximate surface area is 165 Å². The number of anilines is 1. The molecule has 1 amide bonds. The van der Waals surface area contributed by atoms with Crippen LogP contribution >= 0.6 is 11.6 Å². The van der Waals surface area contributed by atoms with E-state index in [1.807, 2.05) is 42.5 Å². The Bertz CT molecular complexity index is 761. The van der Waals surface area contributed by atoms with Crippen molar-refractivity contribution < 1.29 is 9.53 Å². The summed E-state index contributed by atoms with van der Waals surface area (Å²) >= 11 is 5.98. The zero-order valence-corrected chi connectivity index (χ0v) is 16.4. The van der Waals surface area contributed by atoms with Crippen molar-refractivity contribution in [3.63, 3.8) is 0 Å². The number of nitrogens with zero attached hydrogens (tertiary/aromatic N) is 2. The van der Waals surface area contributed by atoms with Crippen LogP contribution in [-0.4, -0.2) is 57.2 Å². The van der Waals surface area contributed by atoms with E-state index in [1.54, 1.807) is 7.11 Å². The minimum absolute atomic E-state index is 0.0720. The predicted molar refractivity (Wildman–Crippen MR) is 110 cm³/mol. The van der Waals surface area contributed by atoms with E-state index in [0.29, 0.717) is 13.1 Å². The van der Waals surface area contributed by atoms with Gasteiger partial charge in [-0.05, 0) is 36.2 Å². The molecule has 0 spiro atoms. The highest BCUT2D eigenvalue weighted by molar-refractivity contribution is 6.30. The third-order valence-corrected chi connectivity index (χ3v) is 5.03. The number of hydrogen-bond acceptors (Lipinski definition) is 4. The Kier molecular flexibility index (Phi) is 6.96. The highest BCUT2D eigenvalue weighted by atomic mass is 35.5. The van der Waals surface area contributed by atoms with Gasteiger partial charge >= 0.3 is 0 Å². The van der Waals surface area contributed by atoms with Gasteiger partial charge < -0.3 is 15.0 Å². The van der Waals surface area contributed by atoms with Crippen molar-refractivity contribution in [2.75, 3.05) is 51.3 Å². The number of benzene rings is 2. The van der Waals surface area contributed by atoms with E-state index in [1.165, 1.54) is 0 Å². The molecule has 0 aromatic heterocycles. The fourth-order valence-corrected chi connectivity index (χ4v) is 3.55. The molecule has 1 aliphatic rings. The average Bonchev–Trinajstić information content (AvgIpc) is 2.68. The number of nitrogens with one attached hydrogen (secondary N) is 1. The van der Waals surface area contributed by atoms with E-state index < -0.39 is 0 Å². The lowest BCUT2D eigenvalue weighted by Crippen LogP contribution is -2.49. The van der Waals surface area contributed by atoms with Crippen molar-refractivity contribution in [3.8, 4) is 5.75 Å². The molecule has 0 aliphatic carbocycles. The van der Waals surface area contributed by atoms with Gasteiger partial charge in [0.15, 0.2) is 0 Å². The van der Waals surface area contributed by atoms with E-state index >= 15 is 0 Å². The molecule has 2 aromatic rings. The fourth-order valence-electron chi connectivity index (χ4n) is 3.34. The summed E-state index contributed by atoms with van der Waals surface area (Å²) < 4.78 is 5.45. The molecule has 1 fully saturated rings. The first-order valence-electron chi connectivity index (χ1n) is 9.27. The molecule has 6 heteroatoms. The van der Waals surface area contributed by atoms with Crippen molar-refractivity contribution in [3.05, 3.63) is 59.1 Å². The quantitative estimate of drug-likeness (QED) is 0.793. The molecule has 0 radical (unpaired) electrons. The second kappa shape index (κ2) is 9.62. The van der Waals surface area contributed by atoms with Crippen LogP contribution in [0.25, 0.3) is 0 Å². The van der Waals surface area contributed by atoms with E-state index in [-0.39, 0.29) is 5.91 Å². The number of piperazine rings is 1. The third-order valence-electron chi connectivity index (χ3n) is 4.79. The summed E-state index contributed by atoms with van der Waals surface area (Å²) in [5.41, 5.74) is 2.25. The number of para-hydroxylation sites is 2. The van der Waals surface area contributed by atoms with Crippen LogP contribution in [-0.2, 0) is 11.2 Å². The monoisotopic (exact) mass is 387 g/mol. The standard InChI is InChI=1S/C21H26ClN3O2/c1-27-20-8-3-2-7-19(20)25-13-11-24(12-14-25)16-21(26)23-10-9-17-5-4-6-18(22)15-17/h2-8,15H,9-14,16H2,1H3,(H,23,26). The first-order chi connectivity index (χ1) is 13.2. The molecular weight excluding hydrogens is 362 g/mol.